The van der Waals surface area contributed by atoms with Crippen LogP contribution in [0.4, 0.5) is 0 Å². The molecule has 0 saturated carbocycles. The summed E-state index contributed by atoms with van der Waals surface area (Å²) < 4.78 is 1.74. The number of carbonyl (C=O) groups excluding carboxylic acids is 1. The molecular weight excluding hydrogens is 218 g/mol. The minimum atomic E-state index is -0.243. The molecule has 2 rings (SSSR count). The molecular formula is C12H19N3O2. The van der Waals surface area contributed by atoms with Crippen LogP contribution in [-0.2, 0) is 11.3 Å². The van der Waals surface area contributed by atoms with Gasteiger partial charge < -0.3 is 10.0 Å². The number of amides is 1. The average molecular weight is 237 g/mol. The molecule has 1 aromatic heterocycles. The molecule has 0 aliphatic carbocycles. The average Bonchev–Trinajstić information content (AvgIpc) is 2.58. The van der Waals surface area contributed by atoms with Gasteiger partial charge in [0, 0.05) is 18.8 Å². The molecule has 17 heavy (non-hydrogen) atoms. The second kappa shape index (κ2) is 4.87. The second-order valence-electron chi connectivity index (χ2n) is 4.70. The van der Waals surface area contributed by atoms with Crippen molar-refractivity contribution in [1.29, 1.82) is 0 Å². The molecule has 0 aromatic carbocycles. The van der Waals surface area contributed by atoms with Gasteiger partial charge in [-0.2, -0.15) is 5.10 Å². The smallest absolute Gasteiger partial charge is 0.244 e. The summed E-state index contributed by atoms with van der Waals surface area (Å²) in [6.07, 6.45) is 1.12. The van der Waals surface area contributed by atoms with Crippen molar-refractivity contribution >= 4 is 5.91 Å². The van der Waals surface area contributed by atoms with Crippen molar-refractivity contribution in [2.75, 3.05) is 13.1 Å². The van der Waals surface area contributed by atoms with Gasteiger partial charge in [0.05, 0.1) is 11.8 Å². The zero-order valence-corrected chi connectivity index (χ0v) is 10.4. The van der Waals surface area contributed by atoms with Crippen LogP contribution in [-0.4, -0.2) is 44.9 Å². The molecule has 2 heterocycles. The molecule has 1 aromatic rings. The van der Waals surface area contributed by atoms with Crippen molar-refractivity contribution in [3.8, 4) is 0 Å². The van der Waals surface area contributed by atoms with E-state index in [0.29, 0.717) is 32.5 Å². The Morgan fingerprint density at radius 2 is 2.12 bits per heavy atom. The van der Waals surface area contributed by atoms with E-state index in [1.54, 1.807) is 4.68 Å². The number of piperidine rings is 1. The van der Waals surface area contributed by atoms with E-state index in [1.807, 2.05) is 24.8 Å². The van der Waals surface area contributed by atoms with Gasteiger partial charge in [0.25, 0.3) is 0 Å². The van der Waals surface area contributed by atoms with Crippen LogP contribution < -0.4 is 0 Å². The van der Waals surface area contributed by atoms with Crippen LogP contribution in [0, 0.1) is 13.8 Å². The van der Waals surface area contributed by atoms with E-state index >= 15 is 0 Å². The van der Waals surface area contributed by atoms with Gasteiger partial charge in [-0.1, -0.05) is 0 Å². The lowest BCUT2D eigenvalue weighted by Gasteiger charge is -2.29. The lowest BCUT2D eigenvalue weighted by atomic mass is 10.1. The number of rotatable bonds is 2. The van der Waals surface area contributed by atoms with Gasteiger partial charge in [0.15, 0.2) is 0 Å². The van der Waals surface area contributed by atoms with Gasteiger partial charge in [0.2, 0.25) is 5.91 Å². The van der Waals surface area contributed by atoms with Crippen molar-refractivity contribution in [2.24, 2.45) is 0 Å². The van der Waals surface area contributed by atoms with E-state index in [0.717, 1.165) is 11.4 Å². The van der Waals surface area contributed by atoms with E-state index in [9.17, 15) is 9.90 Å². The molecule has 1 aliphatic heterocycles. The maximum Gasteiger partial charge on any atom is 0.244 e. The van der Waals surface area contributed by atoms with Gasteiger partial charge in [-0.15, -0.1) is 0 Å². The summed E-state index contributed by atoms with van der Waals surface area (Å²) in [7, 11) is 0. The Bertz CT molecular complexity index is 406. The van der Waals surface area contributed by atoms with E-state index in [4.69, 9.17) is 0 Å². The van der Waals surface area contributed by atoms with Crippen molar-refractivity contribution in [3.05, 3.63) is 17.5 Å². The monoisotopic (exact) mass is 237 g/mol. The zero-order valence-electron chi connectivity index (χ0n) is 10.4. The Hall–Kier alpha value is -1.36. The predicted octanol–water partition coefficient (Wildman–Crippen LogP) is 0.483. The normalized spacial score (nSPS) is 17.5. The third kappa shape index (κ3) is 2.85. The van der Waals surface area contributed by atoms with Crippen LogP contribution in [0.2, 0.25) is 0 Å². The molecule has 0 spiro atoms. The van der Waals surface area contributed by atoms with E-state index in [2.05, 4.69) is 5.10 Å². The minimum Gasteiger partial charge on any atom is -0.393 e. The summed E-state index contributed by atoms with van der Waals surface area (Å²) in [5, 5.41) is 13.7. The van der Waals surface area contributed by atoms with Gasteiger partial charge in [0.1, 0.15) is 6.54 Å². The molecule has 1 N–H and O–H groups in total. The van der Waals surface area contributed by atoms with Crippen LogP contribution in [0.3, 0.4) is 0 Å². The van der Waals surface area contributed by atoms with Gasteiger partial charge in [-0.25, -0.2) is 0 Å². The number of aliphatic hydroxyl groups is 1. The number of carbonyl (C=O) groups is 1. The molecule has 1 aliphatic rings. The molecule has 5 heteroatoms. The number of aryl methyl sites for hydroxylation is 2. The van der Waals surface area contributed by atoms with Crippen LogP contribution in [0.1, 0.15) is 24.2 Å². The molecule has 1 amide bonds. The van der Waals surface area contributed by atoms with Gasteiger partial charge >= 0.3 is 0 Å². The van der Waals surface area contributed by atoms with E-state index in [1.165, 1.54) is 0 Å². The lowest BCUT2D eigenvalue weighted by Crippen LogP contribution is -2.41. The summed E-state index contributed by atoms with van der Waals surface area (Å²) in [6.45, 7) is 5.48. The summed E-state index contributed by atoms with van der Waals surface area (Å²) in [6, 6.07) is 1.97. The van der Waals surface area contributed by atoms with Crippen LogP contribution in [0.5, 0.6) is 0 Å². The first-order valence-electron chi connectivity index (χ1n) is 6.03. The highest BCUT2D eigenvalue weighted by atomic mass is 16.3. The van der Waals surface area contributed by atoms with Gasteiger partial charge in [-0.05, 0) is 32.8 Å². The molecule has 0 atom stereocenters. The molecule has 1 fully saturated rings. The number of likely N-dealkylation sites (tertiary alicyclic amines) is 1. The number of nitrogens with zero attached hydrogens (tertiary/aromatic N) is 3. The SMILES string of the molecule is Cc1cc(C)n(CC(=O)N2CCC(O)CC2)n1. The standard InChI is InChI=1S/C12H19N3O2/c1-9-7-10(2)15(13-9)8-12(17)14-5-3-11(16)4-6-14/h7,11,16H,3-6,8H2,1-2H3. The zero-order chi connectivity index (χ0) is 12.4. The van der Waals surface area contributed by atoms with Crippen molar-refractivity contribution in [3.63, 3.8) is 0 Å². The highest BCUT2D eigenvalue weighted by molar-refractivity contribution is 5.76. The first-order chi connectivity index (χ1) is 8.06. The fourth-order valence-electron chi connectivity index (χ4n) is 2.18. The highest BCUT2D eigenvalue weighted by Gasteiger charge is 2.21. The summed E-state index contributed by atoms with van der Waals surface area (Å²) in [4.78, 5) is 13.8. The fraction of sp³-hybridized carbons (Fsp3) is 0.667. The topological polar surface area (TPSA) is 58.4 Å². The fourth-order valence-corrected chi connectivity index (χ4v) is 2.18. The Balaban J connectivity index is 1.95. The molecule has 94 valence electrons. The summed E-state index contributed by atoms with van der Waals surface area (Å²) in [5.41, 5.74) is 1.94. The number of hydrogen-bond acceptors (Lipinski definition) is 3. The Kier molecular flexibility index (Phi) is 3.47. The number of aliphatic hydroxyl groups excluding tert-OH is 1. The Labute approximate surface area is 101 Å². The largest absolute Gasteiger partial charge is 0.393 e. The van der Waals surface area contributed by atoms with Gasteiger partial charge in [-0.3, -0.25) is 9.48 Å². The molecule has 5 nitrogen and oxygen atoms in total. The summed E-state index contributed by atoms with van der Waals surface area (Å²) >= 11 is 0. The lowest BCUT2D eigenvalue weighted by molar-refractivity contribution is -0.134. The van der Waals surface area contributed by atoms with E-state index < -0.39 is 0 Å². The quantitative estimate of drug-likeness (QED) is 0.814. The first kappa shape index (κ1) is 12.1. The van der Waals surface area contributed by atoms with Crippen molar-refractivity contribution in [1.82, 2.24) is 14.7 Å². The molecule has 1 saturated heterocycles. The minimum absolute atomic E-state index is 0.0862. The molecule has 0 unspecified atom stereocenters. The summed E-state index contributed by atoms with van der Waals surface area (Å²) in [5.74, 6) is 0.0862. The van der Waals surface area contributed by atoms with Crippen molar-refractivity contribution in [2.45, 2.75) is 39.3 Å². The third-order valence-corrected chi connectivity index (χ3v) is 3.21. The third-order valence-electron chi connectivity index (χ3n) is 3.21. The molecule has 0 bridgehead atoms. The maximum atomic E-state index is 12.0. The second-order valence-corrected chi connectivity index (χ2v) is 4.70. The Morgan fingerprint density at radius 3 is 2.65 bits per heavy atom. The van der Waals surface area contributed by atoms with Crippen molar-refractivity contribution < 1.29 is 9.90 Å². The van der Waals surface area contributed by atoms with E-state index in [-0.39, 0.29) is 12.0 Å². The first-order valence-corrected chi connectivity index (χ1v) is 6.03. The number of aromatic nitrogens is 2. The maximum absolute atomic E-state index is 12.0. The number of hydrogen-bond donors (Lipinski definition) is 1. The Morgan fingerprint density at radius 1 is 1.47 bits per heavy atom. The predicted molar refractivity (Wildman–Crippen MR) is 63.5 cm³/mol. The van der Waals surface area contributed by atoms with Crippen LogP contribution in [0.25, 0.3) is 0 Å². The highest BCUT2D eigenvalue weighted by Crippen LogP contribution is 2.11. The molecule has 0 radical (unpaired) electrons. The van der Waals surface area contributed by atoms with Crippen LogP contribution in [0.15, 0.2) is 6.07 Å². The van der Waals surface area contributed by atoms with Crippen LogP contribution >= 0.6 is 0 Å².